The fraction of sp³-hybridized carbons (Fsp3) is 0.739. The Morgan fingerprint density at radius 2 is 1.50 bits per heavy atom. The highest BCUT2D eigenvalue weighted by Crippen LogP contribution is 2.51. The van der Waals surface area contributed by atoms with Crippen molar-refractivity contribution < 1.29 is 18.5 Å². The van der Waals surface area contributed by atoms with E-state index in [0.29, 0.717) is 0 Å². The Kier molecular flexibility index (Phi) is 13.8. The van der Waals surface area contributed by atoms with Crippen molar-refractivity contribution in [1.29, 1.82) is 0 Å². The number of unbranched alkanes of at least 4 members (excludes halogenated alkanes) is 7. The minimum absolute atomic E-state index is 0.199. The van der Waals surface area contributed by atoms with Gasteiger partial charge in [0.1, 0.15) is 0 Å². The van der Waals surface area contributed by atoms with Crippen molar-refractivity contribution in [2.75, 3.05) is 6.61 Å². The van der Waals surface area contributed by atoms with E-state index in [-0.39, 0.29) is 12.5 Å². The Labute approximate surface area is 172 Å². The van der Waals surface area contributed by atoms with Crippen LogP contribution in [0.5, 0.6) is 0 Å². The summed E-state index contributed by atoms with van der Waals surface area (Å²) in [6, 6.07) is 9.77. The average molecular weight is 413 g/mol. The Morgan fingerprint density at radius 3 is 2.11 bits per heavy atom. The Morgan fingerprint density at radius 1 is 0.893 bits per heavy atom. The monoisotopic (exact) mass is 412 g/mol. The highest BCUT2D eigenvalue weighted by molar-refractivity contribution is 7.47. The molecule has 0 saturated heterocycles. The maximum atomic E-state index is 12.6. The molecule has 1 N–H and O–H groups in total. The van der Waals surface area contributed by atoms with Crippen LogP contribution in [-0.2, 0) is 13.6 Å². The summed E-state index contributed by atoms with van der Waals surface area (Å²) in [5.74, 6) is 0.199. The molecule has 0 aromatic heterocycles. The van der Waals surface area contributed by atoms with Gasteiger partial charge >= 0.3 is 7.82 Å². The molecule has 1 rings (SSSR count). The molecule has 0 aliphatic carbocycles. The lowest BCUT2D eigenvalue weighted by atomic mass is 9.89. The lowest BCUT2D eigenvalue weighted by Gasteiger charge is -2.28. The summed E-state index contributed by atoms with van der Waals surface area (Å²) in [7, 11) is -4.08. The van der Waals surface area contributed by atoms with Gasteiger partial charge < -0.3 is 4.89 Å². The van der Waals surface area contributed by atoms with Crippen molar-refractivity contribution in [2.45, 2.75) is 97.5 Å². The van der Waals surface area contributed by atoms with E-state index in [1.807, 2.05) is 30.3 Å². The second-order valence-electron chi connectivity index (χ2n) is 7.67. The van der Waals surface area contributed by atoms with Crippen molar-refractivity contribution in [1.82, 2.24) is 0 Å². The van der Waals surface area contributed by atoms with Crippen molar-refractivity contribution in [2.24, 2.45) is 5.92 Å². The van der Waals surface area contributed by atoms with Crippen LogP contribution in [0, 0.1) is 5.92 Å². The zero-order valence-electron chi connectivity index (χ0n) is 18.1. The molecule has 0 spiro atoms. The number of rotatable bonds is 17. The average Bonchev–Trinajstić information content (AvgIpc) is 2.70. The van der Waals surface area contributed by atoms with Crippen LogP contribution in [0.15, 0.2) is 30.3 Å². The molecular formula is C23H41O4P. The molecular weight excluding hydrogens is 371 g/mol. The maximum Gasteiger partial charge on any atom is 0.472 e. The van der Waals surface area contributed by atoms with Gasteiger partial charge in [-0.2, -0.15) is 0 Å². The molecule has 4 nitrogen and oxygen atoms in total. The Bertz CT molecular complexity index is 535. The maximum absolute atomic E-state index is 12.6. The molecule has 162 valence electrons. The predicted molar refractivity (Wildman–Crippen MR) is 117 cm³/mol. The molecule has 28 heavy (non-hydrogen) atoms. The molecule has 5 heteroatoms. The summed E-state index contributed by atoms with van der Waals surface area (Å²) in [6.07, 6.45) is 11.7. The van der Waals surface area contributed by atoms with E-state index in [1.165, 1.54) is 25.7 Å². The Hall–Kier alpha value is -0.670. The van der Waals surface area contributed by atoms with Gasteiger partial charge in [-0.1, -0.05) is 109 Å². The summed E-state index contributed by atoms with van der Waals surface area (Å²) in [5.41, 5.74) is 0.944. The number of hydrogen-bond acceptors (Lipinski definition) is 3. The summed E-state index contributed by atoms with van der Waals surface area (Å²) in [5, 5.41) is 0. The van der Waals surface area contributed by atoms with Crippen LogP contribution >= 0.6 is 7.82 Å². The van der Waals surface area contributed by atoms with Crippen LogP contribution in [0.4, 0.5) is 0 Å². The van der Waals surface area contributed by atoms with E-state index in [0.717, 1.165) is 50.5 Å². The molecule has 0 heterocycles. The van der Waals surface area contributed by atoms with E-state index in [1.54, 1.807) is 0 Å². The fourth-order valence-electron chi connectivity index (χ4n) is 3.51. The standard InChI is InChI=1S/C23H41O4P/c1-4-7-9-10-11-12-16-20-26-28(24,25)27-23(21(6-3)17-8-5-2)22-18-14-13-15-19-22/h13-15,18-19,21,23H,4-12,16-17,20H2,1-3H3,(H,24,25). The normalized spacial score (nSPS) is 15.9. The van der Waals surface area contributed by atoms with Crippen molar-refractivity contribution >= 4 is 7.82 Å². The van der Waals surface area contributed by atoms with E-state index in [9.17, 15) is 9.46 Å². The largest absolute Gasteiger partial charge is 0.472 e. The van der Waals surface area contributed by atoms with Gasteiger partial charge in [0.05, 0.1) is 12.7 Å². The SMILES string of the molecule is CCCCCCCCCOP(=O)(O)OC(c1ccccc1)C(CC)CCCC. The van der Waals surface area contributed by atoms with Crippen molar-refractivity contribution in [3.8, 4) is 0 Å². The molecule has 0 bridgehead atoms. The second kappa shape index (κ2) is 15.2. The second-order valence-corrected chi connectivity index (χ2v) is 9.08. The van der Waals surface area contributed by atoms with Gasteiger partial charge in [0.2, 0.25) is 0 Å². The van der Waals surface area contributed by atoms with Gasteiger partial charge in [0.25, 0.3) is 0 Å². The third kappa shape index (κ3) is 10.8. The first kappa shape index (κ1) is 25.4. The molecule has 3 unspecified atom stereocenters. The third-order valence-corrected chi connectivity index (χ3v) is 6.26. The van der Waals surface area contributed by atoms with Gasteiger partial charge in [-0.15, -0.1) is 0 Å². The van der Waals surface area contributed by atoms with Gasteiger partial charge in [0.15, 0.2) is 0 Å². The molecule has 0 radical (unpaired) electrons. The molecule has 0 amide bonds. The van der Waals surface area contributed by atoms with Gasteiger partial charge in [0, 0.05) is 0 Å². The van der Waals surface area contributed by atoms with E-state index < -0.39 is 13.9 Å². The molecule has 0 fully saturated rings. The van der Waals surface area contributed by atoms with Crippen LogP contribution in [0.25, 0.3) is 0 Å². The minimum atomic E-state index is -4.08. The molecule has 1 aromatic carbocycles. The number of benzene rings is 1. The first-order valence-electron chi connectivity index (χ1n) is 11.2. The van der Waals surface area contributed by atoms with Gasteiger partial charge in [-0.3, -0.25) is 9.05 Å². The third-order valence-electron chi connectivity index (χ3n) is 5.26. The lowest BCUT2D eigenvalue weighted by molar-refractivity contribution is 0.0627. The quantitative estimate of drug-likeness (QED) is 0.209. The fourth-order valence-corrected chi connectivity index (χ4v) is 4.51. The van der Waals surface area contributed by atoms with Crippen LogP contribution < -0.4 is 0 Å². The highest BCUT2D eigenvalue weighted by Gasteiger charge is 2.32. The van der Waals surface area contributed by atoms with Gasteiger partial charge in [-0.25, -0.2) is 4.57 Å². The molecule has 0 aliphatic rings. The van der Waals surface area contributed by atoms with Crippen molar-refractivity contribution in [3.63, 3.8) is 0 Å². The first-order valence-corrected chi connectivity index (χ1v) is 12.7. The summed E-state index contributed by atoms with van der Waals surface area (Å²) < 4.78 is 23.6. The number of phosphoric ester groups is 1. The van der Waals surface area contributed by atoms with Crippen molar-refractivity contribution in [3.05, 3.63) is 35.9 Å². The van der Waals surface area contributed by atoms with Crippen LogP contribution in [0.1, 0.15) is 103 Å². The van der Waals surface area contributed by atoms with Crippen LogP contribution in [0.3, 0.4) is 0 Å². The smallest absolute Gasteiger partial charge is 0.302 e. The molecule has 3 atom stereocenters. The minimum Gasteiger partial charge on any atom is -0.302 e. The first-order chi connectivity index (χ1) is 13.5. The zero-order chi connectivity index (χ0) is 20.7. The Balaban J connectivity index is 2.56. The van der Waals surface area contributed by atoms with E-state index >= 15 is 0 Å². The molecule has 0 aliphatic heterocycles. The van der Waals surface area contributed by atoms with E-state index in [2.05, 4.69) is 20.8 Å². The van der Waals surface area contributed by atoms with Gasteiger partial charge in [-0.05, 0) is 24.3 Å². The highest BCUT2D eigenvalue weighted by atomic mass is 31.2. The van der Waals surface area contributed by atoms with Crippen LogP contribution in [-0.4, -0.2) is 11.5 Å². The summed E-state index contributed by atoms with van der Waals surface area (Å²) in [4.78, 5) is 10.3. The zero-order valence-corrected chi connectivity index (χ0v) is 19.0. The predicted octanol–water partition coefficient (Wildman–Crippen LogP) is 7.83. The lowest BCUT2D eigenvalue weighted by Crippen LogP contribution is -2.16. The van der Waals surface area contributed by atoms with E-state index in [4.69, 9.17) is 9.05 Å². The molecule has 1 aromatic rings. The topological polar surface area (TPSA) is 55.8 Å². The number of phosphoric acid groups is 1. The molecule has 0 saturated carbocycles. The number of hydrogen-bond donors (Lipinski definition) is 1. The van der Waals surface area contributed by atoms with Crippen LogP contribution in [0.2, 0.25) is 0 Å². The summed E-state index contributed by atoms with van der Waals surface area (Å²) in [6.45, 7) is 6.75. The summed E-state index contributed by atoms with van der Waals surface area (Å²) >= 11 is 0.